The second kappa shape index (κ2) is 10.9. The van der Waals surface area contributed by atoms with Crippen LogP contribution in [-0.4, -0.2) is 65.9 Å². The van der Waals surface area contributed by atoms with Crippen molar-refractivity contribution in [2.24, 2.45) is 0 Å². The van der Waals surface area contributed by atoms with Crippen LogP contribution in [0.1, 0.15) is 30.4 Å². The number of carbonyl (C=O) groups excluding carboxylic acids is 2. The van der Waals surface area contributed by atoms with Crippen LogP contribution in [0.5, 0.6) is 0 Å². The Balaban J connectivity index is 1.25. The Labute approximate surface area is 213 Å². The first kappa shape index (κ1) is 24.0. The van der Waals surface area contributed by atoms with Crippen molar-refractivity contribution in [1.29, 1.82) is 0 Å². The number of hydrogen-bond acceptors (Lipinski definition) is 4. The second-order valence-corrected chi connectivity index (χ2v) is 9.78. The highest BCUT2D eigenvalue weighted by atomic mass is 16.2. The van der Waals surface area contributed by atoms with Crippen molar-refractivity contribution >= 4 is 17.6 Å². The van der Waals surface area contributed by atoms with E-state index in [0.717, 1.165) is 30.9 Å². The van der Waals surface area contributed by atoms with Gasteiger partial charge in [0.2, 0.25) is 11.8 Å². The summed E-state index contributed by atoms with van der Waals surface area (Å²) in [6.45, 7) is 4.15. The summed E-state index contributed by atoms with van der Waals surface area (Å²) in [5, 5.41) is 0. The van der Waals surface area contributed by atoms with Crippen LogP contribution in [0.25, 0.3) is 0 Å². The minimum atomic E-state index is -0.579. The van der Waals surface area contributed by atoms with E-state index in [1.807, 2.05) is 70.6 Å². The molecular weight excluding hydrogens is 448 g/mol. The molecule has 0 spiro atoms. The van der Waals surface area contributed by atoms with E-state index >= 15 is 0 Å². The fourth-order valence-corrected chi connectivity index (χ4v) is 5.56. The highest BCUT2D eigenvalue weighted by Gasteiger charge is 2.46. The first-order chi connectivity index (χ1) is 17.7. The largest absolute Gasteiger partial charge is 0.353 e. The summed E-state index contributed by atoms with van der Waals surface area (Å²) in [4.78, 5) is 37.8. The smallest absolute Gasteiger partial charge is 0.233 e. The molecule has 186 valence electrons. The average Bonchev–Trinajstić information content (AvgIpc) is 2.97. The lowest BCUT2D eigenvalue weighted by molar-refractivity contribution is -0.143. The lowest BCUT2D eigenvalue weighted by Gasteiger charge is -2.45. The van der Waals surface area contributed by atoms with Crippen molar-refractivity contribution in [3.63, 3.8) is 0 Å². The summed E-state index contributed by atoms with van der Waals surface area (Å²) in [7, 11) is 0. The van der Waals surface area contributed by atoms with Crippen molar-refractivity contribution in [2.45, 2.75) is 31.1 Å². The quantitative estimate of drug-likeness (QED) is 0.534. The van der Waals surface area contributed by atoms with Gasteiger partial charge in [-0.05, 0) is 42.5 Å². The van der Waals surface area contributed by atoms with Gasteiger partial charge in [0.05, 0.1) is 5.41 Å². The Bertz CT molecular complexity index is 1140. The van der Waals surface area contributed by atoms with Crippen LogP contribution in [0.4, 0.5) is 5.82 Å². The Morgan fingerprint density at radius 1 is 0.722 bits per heavy atom. The number of aryl methyl sites for hydroxylation is 1. The maximum absolute atomic E-state index is 14.1. The van der Waals surface area contributed by atoms with Crippen molar-refractivity contribution in [2.75, 3.05) is 44.2 Å². The number of piperazine rings is 1. The number of likely N-dealkylation sites (tertiary alicyclic amines) is 1. The molecule has 6 nitrogen and oxygen atoms in total. The van der Waals surface area contributed by atoms with Crippen LogP contribution in [-0.2, 0) is 21.4 Å². The molecule has 2 aromatic carbocycles. The van der Waals surface area contributed by atoms with Gasteiger partial charge in [-0.2, -0.15) is 0 Å². The Hall–Kier alpha value is -3.67. The molecule has 2 fully saturated rings. The van der Waals surface area contributed by atoms with Crippen LogP contribution < -0.4 is 4.90 Å². The molecule has 3 heterocycles. The van der Waals surface area contributed by atoms with Gasteiger partial charge in [0, 0.05) is 51.9 Å². The van der Waals surface area contributed by atoms with E-state index in [4.69, 9.17) is 0 Å². The van der Waals surface area contributed by atoms with E-state index in [1.54, 1.807) is 0 Å². The number of aromatic nitrogens is 1. The number of rotatable bonds is 6. The number of nitrogens with zero attached hydrogens (tertiary/aromatic N) is 4. The average molecular weight is 483 g/mol. The summed E-state index contributed by atoms with van der Waals surface area (Å²) in [5.74, 6) is 1.34. The predicted octanol–water partition coefficient (Wildman–Crippen LogP) is 3.92. The number of piperidine rings is 1. The summed E-state index contributed by atoms with van der Waals surface area (Å²) in [6, 6.07) is 26.3. The van der Waals surface area contributed by atoms with Gasteiger partial charge in [-0.1, -0.05) is 66.7 Å². The van der Waals surface area contributed by atoms with Crippen LogP contribution in [0.3, 0.4) is 0 Å². The number of hydrogen-bond donors (Lipinski definition) is 0. The molecule has 36 heavy (non-hydrogen) atoms. The van der Waals surface area contributed by atoms with Gasteiger partial charge >= 0.3 is 0 Å². The molecule has 3 aromatic rings. The monoisotopic (exact) mass is 482 g/mol. The molecule has 2 saturated heterocycles. The summed E-state index contributed by atoms with van der Waals surface area (Å²) in [6.07, 6.45) is 4.39. The van der Waals surface area contributed by atoms with E-state index in [2.05, 4.69) is 34.1 Å². The molecule has 0 atom stereocenters. The molecule has 6 heteroatoms. The molecule has 2 amide bonds. The second-order valence-electron chi connectivity index (χ2n) is 9.78. The SMILES string of the molecule is O=C(CCc1ccccc1)N1CCC(C(=O)N2CCN(c3ccccn3)CC2)(c2ccccc2)CC1. The van der Waals surface area contributed by atoms with Crippen molar-refractivity contribution in [1.82, 2.24) is 14.8 Å². The summed E-state index contributed by atoms with van der Waals surface area (Å²) >= 11 is 0. The van der Waals surface area contributed by atoms with Gasteiger partial charge in [0.25, 0.3) is 0 Å². The lowest BCUT2D eigenvalue weighted by Crippen LogP contribution is -2.58. The van der Waals surface area contributed by atoms with E-state index in [0.29, 0.717) is 45.4 Å². The van der Waals surface area contributed by atoms with E-state index in [1.165, 1.54) is 5.56 Å². The third-order valence-electron chi connectivity index (χ3n) is 7.72. The van der Waals surface area contributed by atoms with Crippen LogP contribution in [0, 0.1) is 0 Å². The van der Waals surface area contributed by atoms with Gasteiger partial charge in [0.15, 0.2) is 0 Å². The van der Waals surface area contributed by atoms with E-state index < -0.39 is 5.41 Å². The highest BCUT2D eigenvalue weighted by molar-refractivity contribution is 5.89. The van der Waals surface area contributed by atoms with E-state index in [-0.39, 0.29) is 11.8 Å². The molecule has 0 saturated carbocycles. The van der Waals surface area contributed by atoms with Crippen molar-refractivity contribution in [3.8, 4) is 0 Å². The van der Waals surface area contributed by atoms with Gasteiger partial charge in [0.1, 0.15) is 5.82 Å². The highest BCUT2D eigenvalue weighted by Crippen LogP contribution is 2.38. The van der Waals surface area contributed by atoms with Crippen LogP contribution in [0.2, 0.25) is 0 Å². The molecule has 0 N–H and O–H groups in total. The molecule has 0 unspecified atom stereocenters. The molecule has 0 bridgehead atoms. The number of amides is 2. The maximum atomic E-state index is 14.1. The Morgan fingerprint density at radius 3 is 2.00 bits per heavy atom. The third kappa shape index (κ3) is 5.13. The minimum absolute atomic E-state index is 0.178. The topological polar surface area (TPSA) is 56.8 Å². The van der Waals surface area contributed by atoms with Crippen LogP contribution >= 0.6 is 0 Å². The predicted molar refractivity (Wildman–Crippen MR) is 142 cm³/mol. The Morgan fingerprint density at radius 2 is 1.36 bits per heavy atom. The zero-order valence-corrected chi connectivity index (χ0v) is 20.8. The zero-order valence-electron chi connectivity index (χ0n) is 20.8. The number of carbonyl (C=O) groups is 2. The van der Waals surface area contributed by atoms with Gasteiger partial charge in [-0.15, -0.1) is 0 Å². The summed E-state index contributed by atoms with van der Waals surface area (Å²) in [5.41, 5.74) is 1.67. The zero-order chi connectivity index (χ0) is 24.8. The van der Waals surface area contributed by atoms with Crippen molar-refractivity contribution < 1.29 is 9.59 Å². The standard InChI is InChI=1S/C30H34N4O2/c35-28(15-14-25-9-3-1-4-10-25)33-19-16-30(17-20-33,26-11-5-2-6-12-26)29(36)34-23-21-32(22-24-34)27-13-7-8-18-31-27/h1-13,18H,14-17,19-24H2. The summed E-state index contributed by atoms with van der Waals surface area (Å²) < 4.78 is 0. The van der Waals surface area contributed by atoms with Crippen LogP contribution in [0.15, 0.2) is 85.1 Å². The van der Waals surface area contributed by atoms with Gasteiger partial charge in [-0.25, -0.2) is 4.98 Å². The van der Waals surface area contributed by atoms with E-state index in [9.17, 15) is 9.59 Å². The number of pyridine rings is 1. The number of benzene rings is 2. The molecule has 5 rings (SSSR count). The minimum Gasteiger partial charge on any atom is -0.353 e. The first-order valence-corrected chi connectivity index (χ1v) is 13.0. The maximum Gasteiger partial charge on any atom is 0.233 e. The van der Waals surface area contributed by atoms with Gasteiger partial charge in [-0.3, -0.25) is 9.59 Å². The molecule has 2 aliphatic heterocycles. The molecule has 0 aliphatic carbocycles. The van der Waals surface area contributed by atoms with Crippen molar-refractivity contribution in [3.05, 3.63) is 96.2 Å². The first-order valence-electron chi connectivity index (χ1n) is 13.0. The molecular formula is C30H34N4O2. The fourth-order valence-electron chi connectivity index (χ4n) is 5.56. The molecule has 2 aliphatic rings. The molecule has 0 radical (unpaired) electrons. The van der Waals surface area contributed by atoms with Gasteiger partial charge < -0.3 is 14.7 Å². The number of anilines is 1. The fraction of sp³-hybridized carbons (Fsp3) is 0.367. The molecule has 1 aromatic heterocycles. The normalized spacial score (nSPS) is 17.6. The lowest BCUT2D eigenvalue weighted by atomic mass is 9.71. The third-order valence-corrected chi connectivity index (χ3v) is 7.72. The Kier molecular flexibility index (Phi) is 7.31.